The number of hydrogen-bond donors (Lipinski definition) is 2. The molecule has 4 nitrogen and oxygen atoms in total. The summed E-state index contributed by atoms with van der Waals surface area (Å²) in [5.74, 6) is 0.559. The Kier molecular flexibility index (Phi) is 4.50. The van der Waals surface area contributed by atoms with Crippen molar-refractivity contribution in [3.05, 3.63) is 16.1 Å². The number of nitrogens with zero attached hydrogens (tertiary/aromatic N) is 1. The number of aromatic nitrogens is 1. The number of thiazole rings is 1. The zero-order chi connectivity index (χ0) is 12.3. The third-order valence-electron chi connectivity index (χ3n) is 3.26. The minimum atomic E-state index is 0.326. The van der Waals surface area contributed by atoms with Crippen molar-refractivity contribution < 1.29 is 4.74 Å². The van der Waals surface area contributed by atoms with Crippen LogP contribution in [0.15, 0.2) is 6.20 Å². The SMILES string of the molecule is CNC1COCC1CNC(C)c1ncc(C)s1. The van der Waals surface area contributed by atoms with Gasteiger partial charge < -0.3 is 15.4 Å². The molecule has 1 aromatic rings. The van der Waals surface area contributed by atoms with Crippen molar-refractivity contribution in [2.24, 2.45) is 5.92 Å². The fourth-order valence-corrected chi connectivity index (χ4v) is 2.91. The van der Waals surface area contributed by atoms with Gasteiger partial charge in [0.25, 0.3) is 0 Å². The van der Waals surface area contributed by atoms with Gasteiger partial charge in [0.15, 0.2) is 0 Å². The third-order valence-corrected chi connectivity index (χ3v) is 4.36. The van der Waals surface area contributed by atoms with E-state index >= 15 is 0 Å². The van der Waals surface area contributed by atoms with Crippen LogP contribution in [-0.2, 0) is 4.74 Å². The quantitative estimate of drug-likeness (QED) is 0.833. The van der Waals surface area contributed by atoms with Crippen LogP contribution in [0.1, 0.15) is 22.9 Å². The molecule has 0 bridgehead atoms. The fraction of sp³-hybridized carbons (Fsp3) is 0.750. The predicted molar refractivity (Wildman–Crippen MR) is 70.4 cm³/mol. The van der Waals surface area contributed by atoms with Crippen molar-refractivity contribution in [1.82, 2.24) is 15.6 Å². The zero-order valence-corrected chi connectivity index (χ0v) is 11.5. The second kappa shape index (κ2) is 5.91. The highest BCUT2D eigenvalue weighted by Gasteiger charge is 2.27. The maximum atomic E-state index is 5.49. The molecule has 2 rings (SSSR count). The molecule has 0 saturated carbocycles. The number of likely N-dealkylation sites (N-methyl/N-ethyl adjacent to an activating group) is 1. The van der Waals surface area contributed by atoms with Crippen LogP contribution in [0.3, 0.4) is 0 Å². The molecule has 3 unspecified atom stereocenters. The smallest absolute Gasteiger partial charge is 0.109 e. The molecule has 0 spiro atoms. The average Bonchev–Trinajstić information content (AvgIpc) is 2.94. The van der Waals surface area contributed by atoms with E-state index in [9.17, 15) is 0 Å². The Morgan fingerprint density at radius 3 is 3.06 bits per heavy atom. The van der Waals surface area contributed by atoms with Gasteiger partial charge in [-0.1, -0.05) is 0 Å². The van der Waals surface area contributed by atoms with Gasteiger partial charge in [0.1, 0.15) is 5.01 Å². The molecule has 1 aliphatic heterocycles. The highest BCUT2D eigenvalue weighted by Crippen LogP contribution is 2.20. The van der Waals surface area contributed by atoms with Crippen LogP contribution in [0.25, 0.3) is 0 Å². The lowest BCUT2D eigenvalue weighted by molar-refractivity contribution is 0.182. The van der Waals surface area contributed by atoms with Gasteiger partial charge in [-0.2, -0.15) is 0 Å². The van der Waals surface area contributed by atoms with Gasteiger partial charge in [0, 0.05) is 29.6 Å². The minimum absolute atomic E-state index is 0.326. The van der Waals surface area contributed by atoms with E-state index in [1.165, 1.54) is 9.88 Å². The van der Waals surface area contributed by atoms with E-state index < -0.39 is 0 Å². The van der Waals surface area contributed by atoms with Crippen molar-refractivity contribution >= 4 is 11.3 Å². The molecule has 0 aromatic carbocycles. The molecule has 2 N–H and O–H groups in total. The normalized spacial score (nSPS) is 26.3. The van der Waals surface area contributed by atoms with E-state index in [-0.39, 0.29) is 0 Å². The first-order valence-electron chi connectivity index (χ1n) is 6.11. The molecule has 0 amide bonds. The second-order valence-corrected chi connectivity index (χ2v) is 5.90. The second-order valence-electron chi connectivity index (χ2n) is 4.63. The summed E-state index contributed by atoms with van der Waals surface area (Å²) in [5, 5.41) is 8.02. The maximum absolute atomic E-state index is 5.49. The standard InChI is InChI=1S/C12H21N3OS/c1-8-4-15-12(17-8)9(2)14-5-10-6-16-7-11(10)13-3/h4,9-11,13-14H,5-7H2,1-3H3. The van der Waals surface area contributed by atoms with Gasteiger partial charge in [0.2, 0.25) is 0 Å². The van der Waals surface area contributed by atoms with Crippen LogP contribution in [0.4, 0.5) is 0 Å². The lowest BCUT2D eigenvalue weighted by Gasteiger charge is -2.19. The molecule has 0 aliphatic carbocycles. The predicted octanol–water partition coefficient (Wildman–Crippen LogP) is 1.34. The van der Waals surface area contributed by atoms with E-state index in [2.05, 4.69) is 29.5 Å². The van der Waals surface area contributed by atoms with Crippen molar-refractivity contribution in [3.8, 4) is 0 Å². The van der Waals surface area contributed by atoms with Gasteiger partial charge in [-0.3, -0.25) is 0 Å². The van der Waals surface area contributed by atoms with Gasteiger partial charge in [-0.15, -0.1) is 11.3 Å². The van der Waals surface area contributed by atoms with Crippen molar-refractivity contribution in [3.63, 3.8) is 0 Å². The summed E-state index contributed by atoms with van der Waals surface area (Å²) < 4.78 is 5.49. The topological polar surface area (TPSA) is 46.2 Å². The summed E-state index contributed by atoms with van der Waals surface area (Å²) >= 11 is 1.76. The Bertz CT molecular complexity index is 355. The van der Waals surface area contributed by atoms with Crippen molar-refractivity contribution in [2.75, 3.05) is 26.8 Å². The van der Waals surface area contributed by atoms with Crippen LogP contribution >= 0.6 is 11.3 Å². The summed E-state index contributed by atoms with van der Waals surface area (Å²) in [7, 11) is 2.00. The Labute approximate surface area is 107 Å². The largest absolute Gasteiger partial charge is 0.379 e. The molecular weight excluding hydrogens is 234 g/mol. The Hall–Kier alpha value is -0.490. The number of hydrogen-bond acceptors (Lipinski definition) is 5. The first-order chi connectivity index (χ1) is 8.20. The minimum Gasteiger partial charge on any atom is -0.379 e. The molecule has 96 valence electrons. The Morgan fingerprint density at radius 1 is 1.59 bits per heavy atom. The monoisotopic (exact) mass is 255 g/mol. The number of ether oxygens (including phenoxy) is 1. The van der Waals surface area contributed by atoms with E-state index in [1.807, 2.05) is 13.2 Å². The van der Waals surface area contributed by atoms with Gasteiger partial charge in [-0.25, -0.2) is 4.98 Å². The number of nitrogens with one attached hydrogen (secondary N) is 2. The highest BCUT2D eigenvalue weighted by molar-refractivity contribution is 7.11. The van der Waals surface area contributed by atoms with Crippen molar-refractivity contribution in [2.45, 2.75) is 25.9 Å². The van der Waals surface area contributed by atoms with Gasteiger partial charge in [-0.05, 0) is 20.9 Å². The van der Waals surface area contributed by atoms with E-state index in [1.54, 1.807) is 11.3 Å². The van der Waals surface area contributed by atoms with Crippen LogP contribution < -0.4 is 10.6 Å². The van der Waals surface area contributed by atoms with Crippen LogP contribution in [0.2, 0.25) is 0 Å². The molecular formula is C12H21N3OS. The van der Waals surface area contributed by atoms with E-state index in [0.717, 1.165) is 19.8 Å². The molecule has 1 aromatic heterocycles. The fourth-order valence-electron chi connectivity index (χ4n) is 2.11. The molecule has 17 heavy (non-hydrogen) atoms. The third kappa shape index (κ3) is 3.25. The molecule has 1 aliphatic rings. The number of rotatable bonds is 5. The van der Waals surface area contributed by atoms with Crippen LogP contribution in [0.5, 0.6) is 0 Å². The maximum Gasteiger partial charge on any atom is 0.109 e. The molecule has 3 atom stereocenters. The number of aryl methyl sites for hydroxylation is 1. The van der Waals surface area contributed by atoms with Crippen LogP contribution in [-0.4, -0.2) is 37.8 Å². The molecule has 0 radical (unpaired) electrons. The van der Waals surface area contributed by atoms with Crippen molar-refractivity contribution in [1.29, 1.82) is 0 Å². The van der Waals surface area contributed by atoms with E-state index in [4.69, 9.17) is 4.74 Å². The first-order valence-corrected chi connectivity index (χ1v) is 6.93. The lowest BCUT2D eigenvalue weighted by atomic mass is 10.0. The summed E-state index contributed by atoms with van der Waals surface area (Å²) in [6, 6.07) is 0.805. The summed E-state index contributed by atoms with van der Waals surface area (Å²) in [6.07, 6.45) is 1.94. The first kappa shape index (κ1) is 13.0. The molecule has 5 heteroatoms. The van der Waals surface area contributed by atoms with Gasteiger partial charge >= 0.3 is 0 Å². The zero-order valence-electron chi connectivity index (χ0n) is 10.7. The highest BCUT2D eigenvalue weighted by atomic mass is 32.1. The summed E-state index contributed by atoms with van der Waals surface area (Å²) in [4.78, 5) is 5.68. The Balaban J connectivity index is 1.81. The summed E-state index contributed by atoms with van der Waals surface area (Å²) in [6.45, 7) is 6.92. The molecule has 1 saturated heterocycles. The van der Waals surface area contributed by atoms with Crippen LogP contribution in [0, 0.1) is 12.8 Å². The van der Waals surface area contributed by atoms with E-state index in [0.29, 0.717) is 18.0 Å². The summed E-state index contributed by atoms with van der Waals surface area (Å²) in [5.41, 5.74) is 0. The molecule has 2 heterocycles. The lowest BCUT2D eigenvalue weighted by Crippen LogP contribution is -2.38. The Morgan fingerprint density at radius 2 is 2.41 bits per heavy atom. The van der Waals surface area contributed by atoms with Gasteiger partial charge in [0.05, 0.1) is 19.3 Å². The average molecular weight is 255 g/mol. The molecule has 1 fully saturated rings.